The van der Waals surface area contributed by atoms with Crippen LogP contribution in [-0.4, -0.2) is 54.7 Å². The van der Waals surface area contributed by atoms with E-state index in [2.05, 4.69) is 34.4 Å². The van der Waals surface area contributed by atoms with E-state index < -0.39 is 5.60 Å². The normalized spacial score (nSPS) is 31.2. The second-order valence-corrected chi connectivity index (χ2v) is 9.52. The molecule has 0 bridgehead atoms. The van der Waals surface area contributed by atoms with Gasteiger partial charge < -0.3 is 14.9 Å². The first-order chi connectivity index (χ1) is 12.7. The Morgan fingerprint density at radius 2 is 1.65 bits per heavy atom. The van der Waals surface area contributed by atoms with Crippen LogP contribution < -0.4 is 0 Å². The number of piperazine rings is 1. The number of hydrogen-bond acceptors (Lipinski definition) is 4. The Balaban J connectivity index is 1.74. The fraction of sp³-hybridized carbons (Fsp3) is 0.818. The summed E-state index contributed by atoms with van der Waals surface area (Å²) in [7, 11) is 2.22. The second kappa shape index (κ2) is 10.2. The van der Waals surface area contributed by atoms with Gasteiger partial charge >= 0.3 is 0 Å². The van der Waals surface area contributed by atoms with Crippen LogP contribution in [0.1, 0.15) is 69.1 Å². The van der Waals surface area contributed by atoms with Gasteiger partial charge in [-0.05, 0) is 31.3 Å². The molecular formula is C22H38N2OS. The van der Waals surface area contributed by atoms with Crippen LogP contribution in [0.15, 0.2) is 17.5 Å². The molecule has 0 aromatic carbocycles. The molecule has 0 spiro atoms. The van der Waals surface area contributed by atoms with E-state index in [0.29, 0.717) is 5.92 Å². The standard InChI is InChI=1S/C22H38N2OS/c1-23-14-16-24(17-15-23)19-20-11-8-6-4-2-3-5-7-9-13-22(20,25)21-12-10-18-26-21/h10,12,18,20,25H,2-9,11,13-17,19H2,1H3. The Labute approximate surface area is 164 Å². The monoisotopic (exact) mass is 378 g/mol. The quantitative estimate of drug-likeness (QED) is 0.825. The van der Waals surface area contributed by atoms with E-state index in [1.807, 2.05) is 0 Å². The largest absolute Gasteiger partial charge is 0.384 e. The third kappa shape index (κ3) is 5.54. The Morgan fingerprint density at radius 3 is 2.31 bits per heavy atom. The Hall–Kier alpha value is -0.420. The number of thiophene rings is 1. The van der Waals surface area contributed by atoms with Gasteiger partial charge in [-0.3, -0.25) is 0 Å². The van der Waals surface area contributed by atoms with Gasteiger partial charge in [0.05, 0.1) is 0 Å². The van der Waals surface area contributed by atoms with Crippen LogP contribution in [0.5, 0.6) is 0 Å². The van der Waals surface area contributed by atoms with E-state index in [0.717, 1.165) is 45.6 Å². The summed E-state index contributed by atoms with van der Waals surface area (Å²) in [6.45, 7) is 5.66. The lowest BCUT2D eigenvalue weighted by molar-refractivity contribution is -0.0512. The van der Waals surface area contributed by atoms with Crippen molar-refractivity contribution in [1.29, 1.82) is 0 Å². The molecule has 2 aliphatic rings. The van der Waals surface area contributed by atoms with E-state index in [9.17, 15) is 5.11 Å². The summed E-state index contributed by atoms with van der Waals surface area (Å²) >= 11 is 1.76. The summed E-state index contributed by atoms with van der Waals surface area (Å²) in [6, 6.07) is 4.29. The molecule has 1 N–H and O–H groups in total. The molecule has 4 heteroatoms. The minimum Gasteiger partial charge on any atom is -0.384 e. The molecule has 0 radical (unpaired) electrons. The summed E-state index contributed by atoms with van der Waals surface area (Å²) in [5.41, 5.74) is -0.628. The molecular weight excluding hydrogens is 340 g/mol. The van der Waals surface area contributed by atoms with Crippen LogP contribution in [0.3, 0.4) is 0 Å². The number of nitrogens with zero attached hydrogens (tertiary/aromatic N) is 2. The molecule has 26 heavy (non-hydrogen) atoms. The molecule has 148 valence electrons. The van der Waals surface area contributed by atoms with Gasteiger partial charge in [0, 0.05) is 43.5 Å². The first-order valence-electron chi connectivity index (χ1n) is 10.9. The van der Waals surface area contributed by atoms with Crippen LogP contribution in [0.2, 0.25) is 0 Å². The molecule has 1 saturated carbocycles. The average Bonchev–Trinajstić information content (AvgIpc) is 3.18. The molecule has 3 rings (SSSR count). The van der Waals surface area contributed by atoms with Gasteiger partial charge in [-0.25, -0.2) is 0 Å². The number of likely N-dealkylation sites (N-methyl/N-ethyl adjacent to an activating group) is 1. The van der Waals surface area contributed by atoms with Crippen LogP contribution in [-0.2, 0) is 5.60 Å². The summed E-state index contributed by atoms with van der Waals surface area (Å²) in [4.78, 5) is 6.23. The Bertz CT molecular complexity index is 498. The lowest BCUT2D eigenvalue weighted by Gasteiger charge is -2.41. The Morgan fingerprint density at radius 1 is 1.00 bits per heavy atom. The van der Waals surface area contributed by atoms with Gasteiger partial charge in [0.2, 0.25) is 0 Å². The number of aliphatic hydroxyl groups is 1. The number of rotatable bonds is 3. The predicted molar refractivity (Wildman–Crippen MR) is 112 cm³/mol. The smallest absolute Gasteiger partial charge is 0.103 e. The van der Waals surface area contributed by atoms with E-state index in [1.165, 1.54) is 56.2 Å². The maximum Gasteiger partial charge on any atom is 0.103 e. The average molecular weight is 379 g/mol. The van der Waals surface area contributed by atoms with Gasteiger partial charge in [0.1, 0.15) is 5.60 Å². The van der Waals surface area contributed by atoms with Crippen LogP contribution in [0.4, 0.5) is 0 Å². The van der Waals surface area contributed by atoms with Gasteiger partial charge in [-0.2, -0.15) is 0 Å². The zero-order valence-electron chi connectivity index (χ0n) is 16.7. The summed E-state index contributed by atoms with van der Waals surface area (Å²) in [5.74, 6) is 0.365. The Kier molecular flexibility index (Phi) is 7.98. The molecule has 3 nitrogen and oxygen atoms in total. The molecule has 0 amide bonds. The minimum absolute atomic E-state index is 0.365. The lowest BCUT2D eigenvalue weighted by Crippen LogP contribution is -2.49. The summed E-state index contributed by atoms with van der Waals surface area (Å²) in [6.07, 6.45) is 12.6. The van der Waals surface area contributed by atoms with E-state index in [1.54, 1.807) is 11.3 Å². The van der Waals surface area contributed by atoms with Crippen molar-refractivity contribution < 1.29 is 5.11 Å². The minimum atomic E-state index is -0.628. The third-order valence-electron chi connectivity index (χ3n) is 6.56. The number of hydrogen-bond donors (Lipinski definition) is 1. The fourth-order valence-electron chi connectivity index (χ4n) is 4.72. The molecule has 1 aromatic heterocycles. The molecule has 1 aliphatic heterocycles. The molecule has 2 atom stereocenters. The molecule has 2 heterocycles. The summed E-state index contributed by atoms with van der Waals surface area (Å²) in [5, 5.41) is 14.1. The maximum atomic E-state index is 11.9. The van der Waals surface area contributed by atoms with Crippen molar-refractivity contribution in [2.45, 2.75) is 69.8 Å². The molecule has 1 saturated heterocycles. The fourth-order valence-corrected chi connectivity index (χ4v) is 5.66. The van der Waals surface area contributed by atoms with Crippen molar-refractivity contribution >= 4 is 11.3 Å². The zero-order valence-corrected chi connectivity index (χ0v) is 17.5. The third-order valence-corrected chi connectivity index (χ3v) is 7.59. The van der Waals surface area contributed by atoms with Crippen molar-refractivity contribution in [2.75, 3.05) is 39.8 Å². The lowest BCUT2D eigenvalue weighted by atomic mass is 9.77. The predicted octanol–water partition coefficient (Wildman–Crippen LogP) is 4.71. The summed E-state index contributed by atoms with van der Waals surface area (Å²) < 4.78 is 0. The van der Waals surface area contributed by atoms with E-state index >= 15 is 0 Å². The van der Waals surface area contributed by atoms with Crippen LogP contribution >= 0.6 is 11.3 Å². The second-order valence-electron chi connectivity index (χ2n) is 8.57. The SMILES string of the molecule is CN1CCN(CC2CCCCCCCCCCC2(O)c2cccs2)CC1. The van der Waals surface area contributed by atoms with Crippen molar-refractivity contribution in [1.82, 2.24) is 9.80 Å². The highest BCUT2D eigenvalue weighted by Crippen LogP contribution is 2.41. The zero-order chi connectivity index (χ0) is 18.2. The highest BCUT2D eigenvalue weighted by Gasteiger charge is 2.39. The highest BCUT2D eigenvalue weighted by atomic mass is 32.1. The van der Waals surface area contributed by atoms with E-state index in [4.69, 9.17) is 0 Å². The molecule has 2 unspecified atom stereocenters. The topological polar surface area (TPSA) is 26.7 Å². The molecule has 1 aromatic rings. The van der Waals surface area contributed by atoms with Crippen molar-refractivity contribution in [2.24, 2.45) is 5.92 Å². The van der Waals surface area contributed by atoms with Crippen molar-refractivity contribution in [3.63, 3.8) is 0 Å². The van der Waals surface area contributed by atoms with Crippen LogP contribution in [0, 0.1) is 5.92 Å². The van der Waals surface area contributed by atoms with Crippen molar-refractivity contribution in [3.05, 3.63) is 22.4 Å². The van der Waals surface area contributed by atoms with Gasteiger partial charge in [-0.1, -0.05) is 57.4 Å². The van der Waals surface area contributed by atoms with Crippen LogP contribution in [0.25, 0.3) is 0 Å². The molecule has 1 aliphatic carbocycles. The first kappa shape index (κ1) is 20.3. The molecule has 2 fully saturated rings. The van der Waals surface area contributed by atoms with Gasteiger partial charge in [-0.15, -0.1) is 11.3 Å². The van der Waals surface area contributed by atoms with Gasteiger partial charge in [0.25, 0.3) is 0 Å². The maximum absolute atomic E-state index is 11.9. The van der Waals surface area contributed by atoms with E-state index in [-0.39, 0.29) is 0 Å². The first-order valence-corrected chi connectivity index (χ1v) is 11.7. The highest BCUT2D eigenvalue weighted by molar-refractivity contribution is 7.10. The van der Waals surface area contributed by atoms with Gasteiger partial charge in [0.15, 0.2) is 0 Å². The van der Waals surface area contributed by atoms with Crippen molar-refractivity contribution in [3.8, 4) is 0 Å².